The number of urea groups is 1. The normalized spacial score (nSPS) is 15.0. The highest BCUT2D eigenvalue weighted by Crippen LogP contribution is 2.43. The van der Waals surface area contributed by atoms with Crippen LogP contribution in [0.3, 0.4) is 0 Å². The van der Waals surface area contributed by atoms with E-state index in [1.54, 1.807) is 51.1 Å². The van der Waals surface area contributed by atoms with Gasteiger partial charge in [0.15, 0.2) is 11.5 Å². The highest BCUT2D eigenvalue weighted by atomic mass is 16.6. The zero-order valence-electron chi connectivity index (χ0n) is 21.9. The van der Waals surface area contributed by atoms with E-state index in [4.69, 9.17) is 14.2 Å². The van der Waals surface area contributed by atoms with Crippen molar-refractivity contribution in [2.75, 3.05) is 18.1 Å². The van der Waals surface area contributed by atoms with Gasteiger partial charge in [-0.2, -0.15) is 0 Å². The van der Waals surface area contributed by atoms with E-state index >= 15 is 0 Å². The minimum atomic E-state index is -1.17. The first-order valence-electron chi connectivity index (χ1n) is 12.5. The van der Waals surface area contributed by atoms with E-state index in [0.717, 1.165) is 5.56 Å². The van der Waals surface area contributed by atoms with Crippen LogP contribution >= 0.6 is 0 Å². The third kappa shape index (κ3) is 5.85. The van der Waals surface area contributed by atoms with Crippen molar-refractivity contribution in [3.05, 3.63) is 105 Å². The lowest BCUT2D eigenvalue weighted by molar-refractivity contribution is -0.385. The van der Waals surface area contributed by atoms with Gasteiger partial charge in [0.05, 0.1) is 47.1 Å². The quantitative estimate of drug-likeness (QED) is 0.203. The van der Waals surface area contributed by atoms with E-state index < -0.39 is 23.0 Å². The number of benzene rings is 3. The molecule has 0 saturated heterocycles. The molecule has 0 fully saturated rings. The van der Waals surface area contributed by atoms with Crippen LogP contribution in [-0.2, 0) is 16.1 Å². The monoisotopic (exact) mass is 531 g/mol. The standard InChI is InChI=1S/C29H29N3O7/c1-4-37-24-16-22(23(32(35)36)17-25(24)39-18-20-12-8-6-9-13-20)27-26(28(33)38-5-2)19(3)31(29(34)30-27)21-14-10-7-11-15-21/h6-17,27H,4-5,18H2,1-3H3,(H,30,34)/t27-/m1/s1. The molecule has 1 aliphatic heterocycles. The van der Waals surface area contributed by atoms with Gasteiger partial charge in [0.1, 0.15) is 6.61 Å². The molecule has 0 unspecified atom stereocenters. The van der Waals surface area contributed by atoms with Crippen LogP contribution in [0.4, 0.5) is 16.2 Å². The van der Waals surface area contributed by atoms with Gasteiger partial charge in [0, 0.05) is 5.70 Å². The fraction of sp³-hybridized carbons (Fsp3) is 0.241. The summed E-state index contributed by atoms with van der Waals surface area (Å²) in [7, 11) is 0. The van der Waals surface area contributed by atoms with E-state index in [2.05, 4.69) is 5.32 Å². The second-order valence-corrected chi connectivity index (χ2v) is 8.60. The summed E-state index contributed by atoms with van der Waals surface area (Å²) in [5.74, 6) is -0.283. The molecule has 0 saturated carbocycles. The molecule has 39 heavy (non-hydrogen) atoms. The number of nitro benzene ring substituents is 1. The van der Waals surface area contributed by atoms with E-state index in [1.807, 2.05) is 30.3 Å². The van der Waals surface area contributed by atoms with E-state index in [-0.39, 0.29) is 48.1 Å². The van der Waals surface area contributed by atoms with Crippen LogP contribution in [0.2, 0.25) is 0 Å². The number of nitrogens with one attached hydrogen (secondary N) is 1. The zero-order valence-corrected chi connectivity index (χ0v) is 21.9. The van der Waals surface area contributed by atoms with Gasteiger partial charge in [-0.05, 0) is 44.5 Å². The molecule has 4 rings (SSSR count). The lowest BCUT2D eigenvalue weighted by Crippen LogP contribution is -2.48. The number of hydrogen-bond acceptors (Lipinski definition) is 7. The SMILES string of the molecule is CCOC(=O)C1=C(C)N(c2ccccc2)C(=O)N[C@@H]1c1cc(OCC)c(OCc2ccccc2)cc1[N+](=O)[O-]. The number of carbonyl (C=O) groups is 2. The van der Waals surface area contributed by atoms with Crippen LogP contribution < -0.4 is 19.7 Å². The molecule has 1 atom stereocenters. The largest absolute Gasteiger partial charge is 0.490 e. The first kappa shape index (κ1) is 27.2. The first-order chi connectivity index (χ1) is 18.8. The van der Waals surface area contributed by atoms with Crippen LogP contribution in [0.15, 0.2) is 84.1 Å². The Kier molecular flexibility index (Phi) is 8.45. The molecule has 0 spiro atoms. The number of amides is 2. The maximum atomic E-state index is 13.3. The van der Waals surface area contributed by atoms with E-state index in [9.17, 15) is 19.7 Å². The Morgan fingerprint density at radius 2 is 1.62 bits per heavy atom. The number of allylic oxidation sites excluding steroid dienone is 1. The third-order valence-electron chi connectivity index (χ3n) is 6.13. The van der Waals surface area contributed by atoms with Crippen molar-refractivity contribution in [3.63, 3.8) is 0 Å². The Hall–Kier alpha value is -4.86. The Morgan fingerprint density at radius 1 is 0.974 bits per heavy atom. The molecular formula is C29H29N3O7. The minimum absolute atomic E-state index is 0.0685. The molecule has 10 nitrogen and oxygen atoms in total. The van der Waals surface area contributed by atoms with Crippen molar-refractivity contribution in [3.8, 4) is 11.5 Å². The lowest BCUT2D eigenvalue weighted by Gasteiger charge is -2.35. The molecule has 0 aromatic heterocycles. The lowest BCUT2D eigenvalue weighted by atomic mass is 9.93. The molecule has 1 heterocycles. The van der Waals surface area contributed by atoms with Gasteiger partial charge < -0.3 is 19.5 Å². The van der Waals surface area contributed by atoms with Crippen LogP contribution in [-0.4, -0.2) is 30.1 Å². The molecule has 3 aromatic rings. The second kappa shape index (κ2) is 12.1. The summed E-state index contributed by atoms with van der Waals surface area (Å²) < 4.78 is 17.0. The number of carbonyl (C=O) groups excluding carboxylic acids is 2. The molecule has 0 radical (unpaired) electrons. The predicted octanol–water partition coefficient (Wildman–Crippen LogP) is 5.68. The van der Waals surface area contributed by atoms with Crippen LogP contribution in [0.5, 0.6) is 11.5 Å². The Labute approximate surface area is 225 Å². The topological polar surface area (TPSA) is 120 Å². The Morgan fingerprint density at radius 3 is 2.23 bits per heavy atom. The van der Waals surface area contributed by atoms with Crippen LogP contribution in [0.25, 0.3) is 0 Å². The molecule has 0 aliphatic carbocycles. The molecule has 3 aromatic carbocycles. The number of nitro groups is 1. The minimum Gasteiger partial charge on any atom is -0.490 e. The van der Waals surface area contributed by atoms with E-state index in [1.165, 1.54) is 17.0 Å². The van der Waals surface area contributed by atoms with Crippen molar-refractivity contribution in [1.82, 2.24) is 5.32 Å². The maximum absolute atomic E-state index is 13.3. The zero-order chi connectivity index (χ0) is 27.9. The third-order valence-corrected chi connectivity index (χ3v) is 6.13. The summed E-state index contributed by atoms with van der Waals surface area (Å²) in [5.41, 5.74) is 1.50. The number of ether oxygens (including phenoxy) is 3. The maximum Gasteiger partial charge on any atom is 0.338 e. The summed E-state index contributed by atoms with van der Waals surface area (Å²) in [5, 5.41) is 15.0. The summed E-state index contributed by atoms with van der Waals surface area (Å²) in [6, 6.07) is 19.1. The highest BCUT2D eigenvalue weighted by Gasteiger charge is 2.40. The fourth-order valence-electron chi connectivity index (χ4n) is 4.41. The Balaban J connectivity index is 1.84. The van der Waals surface area contributed by atoms with Crippen LogP contribution in [0.1, 0.15) is 37.9 Å². The van der Waals surface area contributed by atoms with E-state index in [0.29, 0.717) is 11.4 Å². The molecule has 2 amide bonds. The molecule has 10 heteroatoms. The number of nitrogens with zero attached hydrogens (tertiary/aromatic N) is 2. The summed E-state index contributed by atoms with van der Waals surface area (Å²) in [6.45, 7) is 5.55. The van der Waals surface area contributed by atoms with Gasteiger partial charge >= 0.3 is 12.0 Å². The van der Waals surface area contributed by atoms with Gasteiger partial charge in [-0.1, -0.05) is 48.5 Å². The molecule has 0 bridgehead atoms. The highest BCUT2D eigenvalue weighted by molar-refractivity contribution is 6.03. The summed E-state index contributed by atoms with van der Waals surface area (Å²) in [4.78, 5) is 39.6. The van der Waals surface area contributed by atoms with Gasteiger partial charge in [-0.25, -0.2) is 9.59 Å². The Bertz CT molecular complexity index is 1390. The van der Waals surface area contributed by atoms with Crippen molar-refractivity contribution < 1.29 is 28.7 Å². The fourth-order valence-corrected chi connectivity index (χ4v) is 4.41. The van der Waals surface area contributed by atoms with Crippen molar-refractivity contribution in [2.45, 2.75) is 33.4 Å². The smallest absolute Gasteiger partial charge is 0.338 e. The second-order valence-electron chi connectivity index (χ2n) is 8.60. The number of esters is 1. The van der Waals surface area contributed by atoms with Gasteiger partial charge in [-0.3, -0.25) is 15.0 Å². The first-order valence-corrected chi connectivity index (χ1v) is 12.5. The average molecular weight is 532 g/mol. The molecule has 202 valence electrons. The van der Waals surface area contributed by atoms with Gasteiger partial charge in [0.2, 0.25) is 0 Å². The summed E-state index contributed by atoms with van der Waals surface area (Å²) in [6.07, 6.45) is 0. The van der Waals surface area contributed by atoms with Crippen molar-refractivity contribution in [2.24, 2.45) is 0 Å². The van der Waals surface area contributed by atoms with Crippen molar-refractivity contribution in [1.29, 1.82) is 0 Å². The molecule has 1 aliphatic rings. The average Bonchev–Trinajstić information content (AvgIpc) is 2.93. The number of anilines is 1. The van der Waals surface area contributed by atoms with Crippen molar-refractivity contribution >= 4 is 23.4 Å². The number of para-hydroxylation sites is 1. The van der Waals surface area contributed by atoms with Gasteiger partial charge in [-0.15, -0.1) is 0 Å². The molecule has 1 N–H and O–H groups in total. The van der Waals surface area contributed by atoms with Crippen LogP contribution in [0, 0.1) is 10.1 Å². The summed E-state index contributed by atoms with van der Waals surface area (Å²) >= 11 is 0. The van der Waals surface area contributed by atoms with Gasteiger partial charge in [0.25, 0.3) is 5.69 Å². The number of hydrogen-bond donors (Lipinski definition) is 1. The number of rotatable bonds is 10. The predicted molar refractivity (Wildman–Crippen MR) is 145 cm³/mol. The molecular weight excluding hydrogens is 502 g/mol.